The lowest BCUT2D eigenvalue weighted by Gasteiger charge is -2.05. The van der Waals surface area contributed by atoms with Crippen molar-refractivity contribution in [2.75, 3.05) is 5.32 Å². The highest BCUT2D eigenvalue weighted by Crippen LogP contribution is 2.20. The van der Waals surface area contributed by atoms with Crippen LogP contribution in [0.25, 0.3) is 16.9 Å². The molecular formula is C17H13ClN6O. The van der Waals surface area contributed by atoms with Crippen molar-refractivity contribution in [3.8, 4) is 11.3 Å². The van der Waals surface area contributed by atoms with Gasteiger partial charge in [0, 0.05) is 24.9 Å². The predicted octanol–water partition coefficient (Wildman–Crippen LogP) is 3.04. The number of carbonyl (C=O) groups excluding carboxylic acids is 1. The number of nitrogens with one attached hydrogen (secondary N) is 1. The van der Waals surface area contributed by atoms with Crippen LogP contribution in [0, 0.1) is 0 Å². The second-order valence-electron chi connectivity index (χ2n) is 5.45. The monoisotopic (exact) mass is 352 g/mol. The summed E-state index contributed by atoms with van der Waals surface area (Å²) in [6.45, 7) is 0. The van der Waals surface area contributed by atoms with Gasteiger partial charge in [0.1, 0.15) is 23.5 Å². The summed E-state index contributed by atoms with van der Waals surface area (Å²) in [7, 11) is 1.65. The van der Waals surface area contributed by atoms with Crippen LogP contribution >= 0.6 is 11.6 Å². The van der Waals surface area contributed by atoms with E-state index < -0.39 is 0 Å². The fourth-order valence-corrected chi connectivity index (χ4v) is 2.80. The molecule has 124 valence electrons. The fraction of sp³-hybridized carbons (Fsp3) is 0.0588. The van der Waals surface area contributed by atoms with Crippen LogP contribution in [0.4, 0.5) is 5.82 Å². The molecule has 0 unspecified atom stereocenters. The van der Waals surface area contributed by atoms with Gasteiger partial charge < -0.3 is 5.32 Å². The van der Waals surface area contributed by atoms with Gasteiger partial charge in [-0.1, -0.05) is 41.9 Å². The summed E-state index contributed by atoms with van der Waals surface area (Å²) in [4.78, 5) is 21.2. The first kappa shape index (κ1) is 15.3. The molecule has 0 saturated heterocycles. The second-order valence-corrected chi connectivity index (χ2v) is 5.86. The maximum atomic E-state index is 12.4. The number of amides is 1. The number of hydrogen-bond acceptors (Lipinski definition) is 4. The molecule has 25 heavy (non-hydrogen) atoms. The maximum absolute atomic E-state index is 12.4. The predicted molar refractivity (Wildman–Crippen MR) is 94.6 cm³/mol. The van der Waals surface area contributed by atoms with Crippen molar-refractivity contribution in [3.05, 3.63) is 65.8 Å². The van der Waals surface area contributed by atoms with Gasteiger partial charge in [0.25, 0.3) is 5.91 Å². The summed E-state index contributed by atoms with van der Waals surface area (Å²) < 4.78 is 3.22. The standard InChI is InChI=1S/C17H13ClN6O/c1-23-16(12(18)8-20-23)17(25)22-14-7-15-21-13(9-24(15)10-19-14)11-5-3-2-4-6-11/h2-10H,1H3,(H,22,25). The average molecular weight is 353 g/mol. The van der Waals surface area contributed by atoms with Crippen LogP contribution in [0.15, 0.2) is 55.1 Å². The lowest BCUT2D eigenvalue weighted by molar-refractivity contribution is 0.101. The van der Waals surface area contributed by atoms with Crippen LogP contribution < -0.4 is 5.32 Å². The number of imidazole rings is 1. The van der Waals surface area contributed by atoms with E-state index in [2.05, 4.69) is 20.4 Å². The van der Waals surface area contributed by atoms with E-state index >= 15 is 0 Å². The molecule has 0 atom stereocenters. The largest absolute Gasteiger partial charge is 0.305 e. The van der Waals surface area contributed by atoms with Crippen LogP contribution in [0.5, 0.6) is 0 Å². The second kappa shape index (κ2) is 6.03. The van der Waals surface area contributed by atoms with Crippen molar-refractivity contribution in [1.29, 1.82) is 0 Å². The van der Waals surface area contributed by atoms with Gasteiger partial charge in [0.05, 0.1) is 16.9 Å². The van der Waals surface area contributed by atoms with Gasteiger partial charge in [0.15, 0.2) is 0 Å². The fourth-order valence-electron chi connectivity index (χ4n) is 2.55. The zero-order chi connectivity index (χ0) is 17.4. The molecule has 7 nitrogen and oxygen atoms in total. The first-order valence-corrected chi connectivity index (χ1v) is 7.88. The number of anilines is 1. The number of halogens is 1. The highest BCUT2D eigenvalue weighted by atomic mass is 35.5. The van der Waals surface area contributed by atoms with Gasteiger partial charge in [0.2, 0.25) is 0 Å². The molecular weight excluding hydrogens is 340 g/mol. The number of hydrogen-bond donors (Lipinski definition) is 1. The van der Waals surface area contributed by atoms with E-state index in [9.17, 15) is 4.79 Å². The Kier molecular flexibility index (Phi) is 3.70. The molecule has 1 amide bonds. The smallest absolute Gasteiger partial charge is 0.276 e. The third kappa shape index (κ3) is 2.85. The summed E-state index contributed by atoms with van der Waals surface area (Å²) >= 11 is 5.99. The summed E-state index contributed by atoms with van der Waals surface area (Å²) in [6.07, 6.45) is 4.92. The van der Waals surface area contributed by atoms with E-state index in [1.807, 2.05) is 36.5 Å². The molecule has 0 spiro atoms. The van der Waals surface area contributed by atoms with Crippen LogP contribution in [0.3, 0.4) is 0 Å². The Morgan fingerprint density at radius 2 is 2.04 bits per heavy atom. The highest BCUT2D eigenvalue weighted by Gasteiger charge is 2.16. The summed E-state index contributed by atoms with van der Waals surface area (Å²) in [5.74, 6) is 0.0108. The number of benzene rings is 1. The molecule has 3 aromatic heterocycles. The molecule has 0 aliphatic carbocycles. The first-order valence-electron chi connectivity index (χ1n) is 7.51. The Hall–Kier alpha value is -3.19. The quantitative estimate of drug-likeness (QED) is 0.614. The Balaban J connectivity index is 1.64. The molecule has 0 radical (unpaired) electrons. The zero-order valence-electron chi connectivity index (χ0n) is 13.2. The third-order valence-electron chi connectivity index (χ3n) is 3.77. The van der Waals surface area contributed by atoms with Crippen LogP contribution in [0.2, 0.25) is 5.02 Å². The van der Waals surface area contributed by atoms with Gasteiger partial charge in [-0.2, -0.15) is 5.10 Å². The third-order valence-corrected chi connectivity index (χ3v) is 4.04. The number of fused-ring (bicyclic) bond motifs is 1. The minimum absolute atomic E-state index is 0.275. The van der Waals surface area contributed by atoms with E-state index in [0.717, 1.165) is 11.3 Å². The lowest BCUT2D eigenvalue weighted by atomic mass is 10.2. The van der Waals surface area contributed by atoms with Crippen LogP contribution in [-0.4, -0.2) is 30.1 Å². The molecule has 3 heterocycles. The molecule has 0 aliphatic rings. The van der Waals surface area contributed by atoms with E-state index in [1.54, 1.807) is 23.8 Å². The highest BCUT2D eigenvalue weighted by molar-refractivity contribution is 6.34. The first-order chi connectivity index (χ1) is 12.1. The minimum atomic E-state index is -0.378. The van der Waals surface area contributed by atoms with Crippen LogP contribution in [-0.2, 0) is 7.05 Å². The van der Waals surface area contributed by atoms with Gasteiger partial charge in [-0.3, -0.25) is 13.9 Å². The molecule has 4 rings (SSSR count). The Labute approximate surface area is 147 Å². The lowest BCUT2D eigenvalue weighted by Crippen LogP contribution is -2.17. The van der Waals surface area contributed by atoms with Gasteiger partial charge in [-0.05, 0) is 0 Å². The Bertz CT molecular complexity index is 1050. The van der Waals surface area contributed by atoms with Crippen molar-refractivity contribution >= 4 is 29.0 Å². The van der Waals surface area contributed by atoms with Crippen molar-refractivity contribution < 1.29 is 4.79 Å². The van der Waals surface area contributed by atoms with Gasteiger partial charge >= 0.3 is 0 Å². The number of rotatable bonds is 3. The zero-order valence-corrected chi connectivity index (χ0v) is 14.0. The maximum Gasteiger partial charge on any atom is 0.276 e. The Morgan fingerprint density at radius 1 is 1.24 bits per heavy atom. The molecule has 4 aromatic rings. The van der Waals surface area contributed by atoms with E-state index in [-0.39, 0.29) is 16.6 Å². The molecule has 0 saturated carbocycles. The SMILES string of the molecule is Cn1ncc(Cl)c1C(=O)Nc1cc2nc(-c3ccccc3)cn2cn1. The van der Waals surface area contributed by atoms with Crippen molar-refractivity contribution in [2.45, 2.75) is 0 Å². The van der Waals surface area contributed by atoms with Crippen molar-refractivity contribution in [2.24, 2.45) is 7.05 Å². The summed E-state index contributed by atoms with van der Waals surface area (Å²) in [6, 6.07) is 11.6. The number of aromatic nitrogens is 5. The van der Waals surface area contributed by atoms with Gasteiger partial charge in [-0.25, -0.2) is 9.97 Å². The number of nitrogens with zero attached hydrogens (tertiary/aromatic N) is 5. The summed E-state index contributed by atoms with van der Waals surface area (Å²) in [5.41, 5.74) is 2.80. The van der Waals surface area contributed by atoms with E-state index in [1.165, 1.54) is 10.9 Å². The molecule has 0 fully saturated rings. The van der Waals surface area contributed by atoms with E-state index in [0.29, 0.717) is 11.5 Å². The number of carbonyl (C=O) groups is 1. The minimum Gasteiger partial charge on any atom is -0.305 e. The average Bonchev–Trinajstić information content (AvgIpc) is 3.18. The Morgan fingerprint density at radius 3 is 2.76 bits per heavy atom. The van der Waals surface area contributed by atoms with Crippen molar-refractivity contribution in [3.63, 3.8) is 0 Å². The van der Waals surface area contributed by atoms with Gasteiger partial charge in [-0.15, -0.1) is 0 Å². The van der Waals surface area contributed by atoms with Crippen LogP contribution in [0.1, 0.15) is 10.5 Å². The van der Waals surface area contributed by atoms with Crippen molar-refractivity contribution in [1.82, 2.24) is 24.1 Å². The molecule has 8 heteroatoms. The molecule has 1 aromatic carbocycles. The molecule has 0 aliphatic heterocycles. The number of aryl methyl sites for hydroxylation is 1. The molecule has 1 N–H and O–H groups in total. The molecule has 0 bridgehead atoms. The summed E-state index contributed by atoms with van der Waals surface area (Å²) in [5, 5.41) is 6.96. The topological polar surface area (TPSA) is 77.1 Å². The normalized spacial score (nSPS) is 11.0. The van der Waals surface area contributed by atoms with E-state index in [4.69, 9.17) is 11.6 Å².